The van der Waals surface area contributed by atoms with E-state index in [2.05, 4.69) is 5.10 Å². The fourth-order valence-corrected chi connectivity index (χ4v) is 4.37. The molecule has 8 nitrogen and oxygen atoms in total. The molecule has 2 N–H and O–H groups in total. The van der Waals surface area contributed by atoms with Crippen LogP contribution in [-0.4, -0.2) is 43.1 Å². The largest absolute Gasteiger partial charge is 0.352 e. The first kappa shape index (κ1) is 24.9. The smallest absolute Gasteiger partial charge is 0.330 e. The fourth-order valence-electron chi connectivity index (χ4n) is 4.07. The molecule has 0 aliphatic carbocycles. The zero-order valence-electron chi connectivity index (χ0n) is 19.3. The van der Waals surface area contributed by atoms with Crippen LogP contribution in [0.25, 0.3) is 5.65 Å². The number of nitrogens with two attached hydrogens (primary N) is 1. The number of nitrogens with zero attached hydrogens (tertiary/aromatic N) is 5. The molecule has 2 aromatic carbocycles. The summed E-state index contributed by atoms with van der Waals surface area (Å²) in [6.45, 7) is 3.04. The molecule has 0 spiro atoms. The molecule has 35 heavy (non-hydrogen) atoms. The first-order valence-corrected chi connectivity index (χ1v) is 12.1. The Morgan fingerprint density at radius 1 is 1.11 bits per heavy atom. The van der Waals surface area contributed by atoms with E-state index in [1.54, 1.807) is 33.7 Å². The van der Waals surface area contributed by atoms with Gasteiger partial charge in [0.25, 0.3) is 5.91 Å². The lowest BCUT2D eigenvalue weighted by Gasteiger charge is -2.32. The molecule has 1 atom stereocenters. The molecule has 0 bridgehead atoms. The SMILES string of the molecule is CCC(c1nc2c(Cl)cnn2c(=O)n1Cc1ccccc1)N(CCCN)C(=O)c1ccc(Cl)cc1. The summed E-state index contributed by atoms with van der Waals surface area (Å²) in [5.41, 5.74) is 7.09. The zero-order chi connectivity index (χ0) is 24.9. The minimum atomic E-state index is -0.503. The lowest BCUT2D eigenvalue weighted by Crippen LogP contribution is -2.41. The van der Waals surface area contributed by atoms with Crippen molar-refractivity contribution in [3.63, 3.8) is 0 Å². The Morgan fingerprint density at radius 2 is 1.83 bits per heavy atom. The molecule has 4 aromatic rings. The van der Waals surface area contributed by atoms with E-state index in [0.29, 0.717) is 42.3 Å². The molecule has 182 valence electrons. The van der Waals surface area contributed by atoms with Gasteiger partial charge in [0.15, 0.2) is 5.65 Å². The van der Waals surface area contributed by atoms with Gasteiger partial charge in [-0.1, -0.05) is 60.5 Å². The van der Waals surface area contributed by atoms with Crippen molar-refractivity contribution in [1.82, 2.24) is 24.1 Å². The van der Waals surface area contributed by atoms with E-state index >= 15 is 0 Å². The second-order valence-electron chi connectivity index (χ2n) is 8.12. The van der Waals surface area contributed by atoms with Gasteiger partial charge < -0.3 is 10.6 Å². The molecule has 0 saturated carbocycles. The van der Waals surface area contributed by atoms with Gasteiger partial charge in [0.1, 0.15) is 10.8 Å². The highest BCUT2D eigenvalue weighted by Gasteiger charge is 2.29. The summed E-state index contributed by atoms with van der Waals surface area (Å²) in [6, 6.07) is 15.8. The van der Waals surface area contributed by atoms with Crippen molar-refractivity contribution >= 4 is 34.8 Å². The van der Waals surface area contributed by atoms with E-state index in [1.807, 2.05) is 37.3 Å². The number of halogens is 2. The predicted octanol–water partition coefficient (Wildman–Crippen LogP) is 4.19. The number of rotatable bonds is 9. The van der Waals surface area contributed by atoms with Gasteiger partial charge in [0.05, 0.1) is 18.8 Å². The molecule has 0 fully saturated rings. The molecule has 2 aromatic heterocycles. The van der Waals surface area contributed by atoms with E-state index < -0.39 is 6.04 Å². The lowest BCUT2D eigenvalue weighted by molar-refractivity contribution is 0.0655. The topological polar surface area (TPSA) is 98.5 Å². The first-order valence-electron chi connectivity index (χ1n) is 11.4. The third-order valence-corrected chi connectivity index (χ3v) is 6.33. The highest BCUT2D eigenvalue weighted by molar-refractivity contribution is 6.33. The number of aromatic nitrogens is 4. The molecule has 10 heteroatoms. The van der Waals surface area contributed by atoms with Crippen LogP contribution in [0.2, 0.25) is 10.0 Å². The van der Waals surface area contributed by atoms with E-state index in [-0.39, 0.29) is 28.8 Å². The van der Waals surface area contributed by atoms with Crippen LogP contribution in [0, 0.1) is 0 Å². The maximum atomic E-state index is 13.7. The van der Waals surface area contributed by atoms with Crippen molar-refractivity contribution < 1.29 is 4.79 Å². The summed E-state index contributed by atoms with van der Waals surface area (Å²) in [5.74, 6) is 0.248. The van der Waals surface area contributed by atoms with Gasteiger partial charge in [-0.3, -0.25) is 9.36 Å². The Balaban J connectivity index is 1.87. The summed E-state index contributed by atoms with van der Waals surface area (Å²) in [7, 11) is 0. The van der Waals surface area contributed by atoms with Crippen LogP contribution >= 0.6 is 23.2 Å². The first-order chi connectivity index (χ1) is 16.9. The fraction of sp³-hybridized carbons (Fsp3) is 0.280. The van der Waals surface area contributed by atoms with Crippen molar-refractivity contribution in [2.75, 3.05) is 13.1 Å². The maximum Gasteiger partial charge on any atom is 0.352 e. The van der Waals surface area contributed by atoms with E-state index in [1.165, 1.54) is 10.7 Å². The molecule has 0 aliphatic rings. The average Bonchev–Trinajstić information content (AvgIpc) is 3.25. The highest BCUT2D eigenvalue weighted by Crippen LogP contribution is 2.27. The summed E-state index contributed by atoms with van der Waals surface area (Å²) >= 11 is 12.3. The second-order valence-corrected chi connectivity index (χ2v) is 8.97. The Kier molecular flexibility index (Phi) is 7.85. The standard InChI is InChI=1S/C25H26Cl2N6O2/c1-2-21(31(14-6-13-28)24(34)18-9-11-19(26)12-10-18)23-30-22-20(27)15-29-33(22)25(35)32(23)16-17-7-4-3-5-8-17/h3-5,7-12,15,21H,2,6,13-14,16,28H2,1H3. The Labute approximate surface area is 212 Å². The number of carbonyl (C=O) groups is 1. The molecule has 1 amide bonds. The molecule has 1 unspecified atom stereocenters. The van der Waals surface area contributed by atoms with Crippen molar-refractivity contribution in [2.24, 2.45) is 5.73 Å². The summed E-state index contributed by atoms with van der Waals surface area (Å²) < 4.78 is 2.75. The van der Waals surface area contributed by atoms with E-state index in [4.69, 9.17) is 33.9 Å². The number of hydrogen-bond donors (Lipinski definition) is 1. The summed E-state index contributed by atoms with van der Waals surface area (Å²) in [5, 5.41) is 4.92. The Morgan fingerprint density at radius 3 is 2.49 bits per heavy atom. The lowest BCUT2D eigenvalue weighted by atomic mass is 10.1. The molecule has 4 rings (SSSR count). The van der Waals surface area contributed by atoms with Crippen LogP contribution in [0.15, 0.2) is 65.6 Å². The highest BCUT2D eigenvalue weighted by atomic mass is 35.5. The molecule has 0 radical (unpaired) electrons. The molecule has 0 aliphatic heterocycles. The maximum absolute atomic E-state index is 13.7. The Bertz CT molecular complexity index is 1370. The molecular formula is C25H26Cl2N6O2. The van der Waals surface area contributed by atoms with Gasteiger partial charge >= 0.3 is 5.69 Å². The van der Waals surface area contributed by atoms with Crippen LogP contribution in [0.3, 0.4) is 0 Å². The van der Waals surface area contributed by atoms with Crippen LogP contribution in [-0.2, 0) is 6.54 Å². The van der Waals surface area contributed by atoms with E-state index in [9.17, 15) is 9.59 Å². The third-order valence-electron chi connectivity index (χ3n) is 5.81. The number of carbonyl (C=O) groups excluding carboxylic acids is 1. The number of benzene rings is 2. The van der Waals surface area contributed by atoms with Crippen LogP contribution in [0.5, 0.6) is 0 Å². The van der Waals surface area contributed by atoms with Crippen molar-refractivity contribution in [3.05, 3.63) is 98.3 Å². The monoisotopic (exact) mass is 512 g/mol. The molecule has 2 heterocycles. The Hall–Kier alpha value is -3.20. The van der Waals surface area contributed by atoms with Gasteiger partial charge in [-0.15, -0.1) is 0 Å². The van der Waals surface area contributed by atoms with Gasteiger partial charge in [-0.2, -0.15) is 9.61 Å². The number of fused-ring (bicyclic) bond motifs is 1. The summed E-state index contributed by atoms with van der Waals surface area (Å²) in [6.07, 6.45) is 2.51. The normalized spacial score (nSPS) is 12.1. The summed E-state index contributed by atoms with van der Waals surface area (Å²) in [4.78, 5) is 33.7. The number of hydrogen-bond acceptors (Lipinski definition) is 5. The minimum Gasteiger partial charge on any atom is -0.330 e. The quantitative estimate of drug-likeness (QED) is 0.362. The van der Waals surface area contributed by atoms with Crippen LogP contribution < -0.4 is 11.4 Å². The van der Waals surface area contributed by atoms with Gasteiger partial charge in [0, 0.05) is 17.1 Å². The number of amides is 1. The van der Waals surface area contributed by atoms with Gasteiger partial charge in [-0.05, 0) is 49.2 Å². The molecule has 0 saturated heterocycles. The van der Waals surface area contributed by atoms with Gasteiger partial charge in [0.2, 0.25) is 0 Å². The minimum absolute atomic E-state index is 0.193. The van der Waals surface area contributed by atoms with Crippen molar-refractivity contribution in [2.45, 2.75) is 32.4 Å². The predicted molar refractivity (Wildman–Crippen MR) is 137 cm³/mol. The zero-order valence-corrected chi connectivity index (χ0v) is 20.8. The van der Waals surface area contributed by atoms with Crippen molar-refractivity contribution in [1.29, 1.82) is 0 Å². The second kappa shape index (κ2) is 11.0. The van der Waals surface area contributed by atoms with Crippen molar-refractivity contribution in [3.8, 4) is 0 Å². The van der Waals surface area contributed by atoms with Crippen LogP contribution in [0.1, 0.15) is 47.6 Å². The third kappa shape index (κ3) is 5.24. The van der Waals surface area contributed by atoms with Crippen LogP contribution in [0.4, 0.5) is 0 Å². The molecular weight excluding hydrogens is 487 g/mol. The van der Waals surface area contributed by atoms with E-state index in [0.717, 1.165) is 5.56 Å². The average molecular weight is 513 g/mol. The van der Waals surface area contributed by atoms with Gasteiger partial charge in [-0.25, -0.2) is 9.78 Å².